The molecular formula is C20H45NO2. The lowest BCUT2D eigenvalue weighted by atomic mass is 10.0. The van der Waals surface area contributed by atoms with Gasteiger partial charge in [-0.2, -0.15) is 0 Å². The average molecular weight is 332 g/mol. The van der Waals surface area contributed by atoms with E-state index in [-0.39, 0.29) is 18.1 Å². The molecule has 5 N–H and O–H groups in total. The molecule has 0 fully saturated rings. The molecule has 0 spiro atoms. The summed E-state index contributed by atoms with van der Waals surface area (Å²) in [5.74, 6) is 0. The smallest absolute Gasteiger partial charge is 0.0445 e. The van der Waals surface area contributed by atoms with E-state index >= 15 is 0 Å². The van der Waals surface area contributed by atoms with Gasteiger partial charge in [0.2, 0.25) is 0 Å². The summed E-state index contributed by atoms with van der Waals surface area (Å²) in [6.45, 7) is 2.52. The van der Waals surface area contributed by atoms with E-state index in [2.05, 4.69) is 6.92 Å². The quantitative estimate of drug-likeness (QED) is 0.341. The number of aliphatic hydroxyl groups excluding tert-OH is 1. The molecule has 23 heavy (non-hydrogen) atoms. The van der Waals surface area contributed by atoms with Crippen molar-refractivity contribution in [3.8, 4) is 0 Å². The van der Waals surface area contributed by atoms with Crippen LogP contribution in [0.15, 0.2) is 0 Å². The highest BCUT2D eigenvalue weighted by atomic mass is 16.3. The van der Waals surface area contributed by atoms with Gasteiger partial charge in [0.25, 0.3) is 0 Å². The summed E-state index contributed by atoms with van der Waals surface area (Å²) in [6, 6.07) is 0.215. The zero-order chi connectivity index (χ0) is 16.3. The number of hydrogen-bond donors (Lipinski definition) is 2. The molecule has 142 valence electrons. The predicted molar refractivity (Wildman–Crippen MR) is 103 cm³/mol. The van der Waals surface area contributed by atoms with Crippen molar-refractivity contribution in [3.05, 3.63) is 0 Å². The summed E-state index contributed by atoms with van der Waals surface area (Å²) >= 11 is 0. The highest BCUT2D eigenvalue weighted by molar-refractivity contribution is 4.60. The maximum atomic E-state index is 8.78. The van der Waals surface area contributed by atoms with Crippen LogP contribution in [0.2, 0.25) is 0 Å². The van der Waals surface area contributed by atoms with Gasteiger partial charge in [-0.3, -0.25) is 0 Å². The maximum absolute atomic E-state index is 8.78. The topological polar surface area (TPSA) is 77.8 Å². The van der Waals surface area contributed by atoms with Crippen LogP contribution in [-0.2, 0) is 0 Å². The Kier molecular flexibility index (Phi) is 23.9. The van der Waals surface area contributed by atoms with E-state index in [0.29, 0.717) is 0 Å². The van der Waals surface area contributed by atoms with Crippen LogP contribution in [0.5, 0.6) is 0 Å². The predicted octanol–water partition coefficient (Wildman–Crippen LogP) is 5.13. The number of hydrogen-bond acceptors (Lipinski definition) is 2. The van der Waals surface area contributed by atoms with Gasteiger partial charge in [-0.05, 0) is 12.8 Å². The molecule has 0 aliphatic heterocycles. The summed E-state index contributed by atoms with van der Waals surface area (Å²) in [6.07, 6.45) is 22.9. The van der Waals surface area contributed by atoms with Crippen molar-refractivity contribution in [2.45, 2.75) is 122 Å². The molecule has 3 heteroatoms. The SMILES string of the molecule is CCCCCCCCCCCCCCCCCC(N)CCO.O. The second kappa shape index (κ2) is 21.9. The summed E-state index contributed by atoms with van der Waals surface area (Å²) in [7, 11) is 0. The molecule has 0 aromatic heterocycles. The Hall–Kier alpha value is -0.120. The van der Waals surface area contributed by atoms with E-state index < -0.39 is 0 Å². The van der Waals surface area contributed by atoms with Crippen LogP contribution in [0.4, 0.5) is 0 Å². The number of aliphatic hydroxyl groups is 1. The minimum absolute atomic E-state index is 0. The molecule has 0 aliphatic carbocycles. The van der Waals surface area contributed by atoms with Crippen molar-refractivity contribution in [2.75, 3.05) is 6.61 Å². The fraction of sp³-hybridized carbons (Fsp3) is 1.00. The molecule has 3 nitrogen and oxygen atoms in total. The fourth-order valence-corrected chi connectivity index (χ4v) is 3.09. The summed E-state index contributed by atoms with van der Waals surface area (Å²) in [5.41, 5.74) is 5.88. The van der Waals surface area contributed by atoms with E-state index in [1.54, 1.807) is 0 Å². The van der Waals surface area contributed by atoms with Crippen LogP contribution in [0.3, 0.4) is 0 Å². The van der Waals surface area contributed by atoms with Gasteiger partial charge in [0, 0.05) is 12.6 Å². The lowest BCUT2D eigenvalue weighted by molar-refractivity contribution is 0.271. The Labute approximate surface area is 145 Å². The van der Waals surface area contributed by atoms with Gasteiger partial charge in [-0.15, -0.1) is 0 Å². The standard InChI is InChI=1S/C20H43NO.H2O/c1-2-3-4-5-6-7-8-9-10-11-12-13-14-15-16-17-20(21)18-19-22;/h20,22H,2-19,21H2,1H3;1H2. The molecule has 0 aliphatic rings. The third-order valence-electron chi connectivity index (χ3n) is 4.68. The molecular weight excluding hydrogens is 286 g/mol. The van der Waals surface area contributed by atoms with Crippen LogP contribution < -0.4 is 5.73 Å². The molecule has 0 saturated heterocycles. The molecule has 0 radical (unpaired) electrons. The van der Waals surface area contributed by atoms with Crippen molar-refractivity contribution < 1.29 is 10.6 Å². The van der Waals surface area contributed by atoms with E-state index in [4.69, 9.17) is 10.8 Å². The minimum Gasteiger partial charge on any atom is -0.412 e. The van der Waals surface area contributed by atoms with Gasteiger partial charge >= 0.3 is 0 Å². The first-order valence-corrected chi connectivity index (χ1v) is 10.2. The van der Waals surface area contributed by atoms with Crippen molar-refractivity contribution >= 4 is 0 Å². The van der Waals surface area contributed by atoms with Gasteiger partial charge in [0.05, 0.1) is 0 Å². The Morgan fingerprint density at radius 3 is 1.30 bits per heavy atom. The summed E-state index contributed by atoms with van der Waals surface area (Å²) in [5, 5.41) is 8.78. The number of unbranched alkanes of at least 4 members (excludes halogenated alkanes) is 14. The van der Waals surface area contributed by atoms with E-state index in [0.717, 1.165) is 12.8 Å². The van der Waals surface area contributed by atoms with Gasteiger partial charge in [0.1, 0.15) is 0 Å². The van der Waals surface area contributed by atoms with Crippen LogP contribution in [-0.4, -0.2) is 23.2 Å². The molecule has 0 bridgehead atoms. The molecule has 0 rings (SSSR count). The molecule has 1 unspecified atom stereocenters. The molecule has 0 amide bonds. The highest BCUT2D eigenvalue weighted by Gasteiger charge is 2.00. The Morgan fingerprint density at radius 2 is 0.957 bits per heavy atom. The molecule has 0 heterocycles. The first-order valence-electron chi connectivity index (χ1n) is 10.2. The zero-order valence-corrected chi connectivity index (χ0v) is 15.8. The largest absolute Gasteiger partial charge is 0.412 e. The Bertz CT molecular complexity index is 200. The van der Waals surface area contributed by atoms with Crippen molar-refractivity contribution in [1.82, 2.24) is 0 Å². The van der Waals surface area contributed by atoms with Gasteiger partial charge < -0.3 is 16.3 Å². The molecule has 0 saturated carbocycles. The normalized spacial score (nSPS) is 12.1. The molecule has 0 aromatic rings. The van der Waals surface area contributed by atoms with E-state index in [1.165, 1.54) is 96.3 Å². The van der Waals surface area contributed by atoms with Crippen LogP contribution in [0, 0.1) is 0 Å². The lowest BCUT2D eigenvalue weighted by Gasteiger charge is -2.09. The summed E-state index contributed by atoms with van der Waals surface area (Å²) in [4.78, 5) is 0. The second-order valence-electron chi connectivity index (χ2n) is 7.01. The molecule has 0 aromatic carbocycles. The third-order valence-corrected chi connectivity index (χ3v) is 4.68. The first kappa shape index (κ1) is 25.1. The van der Waals surface area contributed by atoms with E-state index in [9.17, 15) is 0 Å². The zero-order valence-electron chi connectivity index (χ0n) is 15.8. The second-order valence-corrected chi connectivity index (χ2v) is 7.01. The summed E-state index contributed by atoms with van der Waals surface area (Å²) < 4.78 is 0. The number of nitrogens with two attached hydrogens (primary N) is 1. The maximum Gasteiger partial charge on any atom is 0.0445 e. The lowest BCUT2D eigenvalue weighted by Crippen LogP contribution is -2.20. The molecule has 1 atom stereocenters. The van der Waals surface area contributed by atoms with Crippen molar-refractivity contribution in [2.24, 2.45) is 5.73 Å². The fourth-order valence-electron chi connectivity index (χ4n) is 3.09. The van der Waals surface area contributed by atoms with Crippen molar-refractivity contribution in [3.63, 3.8) is 0 Å². The minimum atomic E-state index is 0. The third kappa shape index (κ3) is 21.9. The van der Waals surface area contributed by atoms with Crippen LogP contribution >= 0.6 is 0 Å². The Morgan fingerprint density at radius 1 is 0.609 bits per heavy atom. The Balaban J connectivity index is 0. The highest BCUT2D eigenvalue weighted by Crippen LogP contribution is 2.14. The van der Waals surface area contributed by atoms with Gasteiger partial charge in [0.15, 0.2) is 0 Å². The first-order chi connectivity index (χ1) is 10.8. The van der Waals surface area contributed by atoms with E-state index in [1.807, 2.05) is 0 Å². The van der Waals surface area contributed by atoms with Gasteiger partial charge in [-0.1, -0.05) is 103 Å². The van der Waals surface area contributed by atoms with Gasteiger partial charge in [-0.25, -0.2) is 0 Å². The van der Waals surface area contributed by atoms with Crippen molar-refractivity contribution in [1.29, 1.82) is 0 Å². The monoisotopic (exact) mass is 331 g/mol. The average Bonchev–Trinajstić information content (AvgIpc) is 2.51. The number of rotatable bonds is 18. The van der Waals surface area contributed by atoms with Crippen LogP contribution in [0.1, 0.15) is 116 Å². The van der Waals surface area contributed by atoms with Crippen LogP contribution in [0.25, 0.3) is 0 Å².